The number of fused-ring (bicyclic) bond motifs is 1. The Morgan fingerprint density at radius 1 is 0.643 bits per heavy atom. The minimum atomic E-state index is 0.0173. The van der Waals surface area contributed by atoms with Crippen LogP contribution in [-0.4, -0.2) is 81.0 Å². The maximum Gasteiger partial charge on any atom is 0.233 e. The van der Waals surface area contributed by atoms with Crippen LogP contribution in [0.15, 0.2) is 91.6 Å². The lowest BCUT2D eigenvalue weighted by Gasteiger charge is -2.46. The number of hydrogen-bond acceptors (Lipinski definition) is 11. The minimum absolute atomic E-state index is 0.0173. The second-order valence-electron chi connectivity index (χ2n) is 17.5. The van der Waals surface area contributed by atoms with Gasteiger partial charge in [-0.25, -0.2) is 9.67 Å². The van der Waals surface area contributed by atoms with Crippen LogP contribution in [0.3, 0.4) is 0 Å². The summed E-state index contributed by atoms with van der Waals surface area (Å²) in [5, 5.41) is 29.0. The number of pyridine rings is 1. The van der Waals surface area contributed by atoms with Crippen molar-refractivity contribution in [1.82, 2.24) is 50.2 Å². The quantitative estimate of drug-likeness (QED) is 0.160. The number of methoxy groups -OCH3 is 1. The number of hydrogen-bond donors (Lipinski definition) is 2. The molecule has 13 heteroatoms. The van der Waals surface area contributed by atoms with Crippen molar-refractivity contribution in [3.05, 3.63) is 91.6 Å². The lowest BCUT2D eigenvalue weighted by atomic mass is 9.81. The predicted octanol–water partition coefficient (Wildman–Crippen LogP) is 7.51. The third kappa shape index (κ3) is 9.51. The van der Waals surface area contributed by atoms with Gasteiger partial charge in [-0.05, 0) is 97.9 Å². The van der Waals surface area contributed by atoms with E-state index in [0.717, 1.165) is 59.5 Å². The molecule has 2 N–H and O–H groups in total. The highest BCUT2D eigenvalue weighted by Crippen LogP contribution is 2.34. The average Bonchev–Trinajstić information content (AvgIpc) is 3.83. The Morgan fingerprint density at radius 3 is 1.75 bits per heavy atom. The van der Waals surface area contributed by atoms with Gasteiger partial charge in [0.2, 0.25) is 11.8 Å². The predicted molar refractivity (Wildman–Crippen MR) is 217 cm³/mol. The van der Waals surface area contributed by atoms with E-state index in [1.54, 1.807) is 24.2 Å². The Morgan fingerprint density at radius 2 is 1.23 bits per heavy atom. The third-order valence-corrected chi connectivity index (χ3v) is 10.1. The number of piperidine rings is 2. The number of nitrogens with one attached hydrogen (secondary N) is 2. The van der Waals surface area contributed by atoms with E-state index in [9.17, 15) is 0 Å². The molecule has 2 fully saturated rings. The van der Waals surface area contributed by atoms with E-state index in [1.165, 1.54) is 0 Å². The molecule has 0 amide bonds. The van der Waals surface area contributed by atoms with Gasteiger partial charge in [0, 0.05) is 108 Å². The second-order valence-corrected chi connectivity index (χ2v) is 17.5. The van der Waals surface area contributed by atoms with Gasteiger partial charge in [0.1, 0.15) is 23.6 Å². The molecule has 1 aromatic carbocycles. The zero-order chi connectivity index (χ0) is 39.7. The van der Waals surface area contributed by atoms with Crippen molar-refractivity contribution in [1.29, 1.82) is 0 Å². The van der Waals surface area contributed by atoms with Crippen molar-refractivity contribution >= 4 is 5.65 Å². The Bertz CT molecular complexity index is 2200. The molecule has 0 radical (unpaired) electrons. The van der Waals surface area contributed by atoms with E-state index >= 15 is 0 Å². The van der Waals surface area contributed by atoms with Crippen LogP contribution >= 0.6 is 0 Å². The molecule has 0 spiro atoms. The van der Waals surface area contributed by atoms with E-state index in [1.807, 2.05) is 83.7 Å². The number of benzene rings is 1. The molecule has 6 aromatic rings. The first-order valence-corrected chi connectivity index (χ1v) is 19.3. The second kappa shape index (κ2) is 15.3. The molecule has 56 heavy (non-hydrogen) atoms. The first-order valence-electron chi connectivity index (χ1n) is 19.3. The van der Waals surface area contributed by atoms with Crippen molar-refractivity contribution in [2.45, 2.75) is 115 Å². The molecule has 7 heterocycles. The van der Waals surface area contributed by atoms with Gasteiger partial charge in [-0.15, -0.1) is 20.4 Å². The SMILES string of the molecule is CC1(C)CC(Oc2ccc(-c3ccc4nccn4c3)nn2)CC(C)(C)N1.COc1cc(-n2cccn2)ccc1-c1ccc(OC2CC(C)(C)NC(C)(C)C2)nn1. The lowest BCUT2D eigenvalue weighted by molar-refractivity contribution is 0.0518. The summed E-state index contributed by atoms with van der Waals surface area (Å²) in [6.07, 6.45) is 13.3. The van der Waals surface area contributed by atoms with Gasteiger partial charge < -0.3 is 29.2 Å². The van der Waals surface area contributed by atoms with E-state index in [0.29, 0.717) is 17.5 Å². The maximum atomic E-state index is 6.19. The minimum Gasteiger partial charge on any atom is -0.496 e. The van der Waals surface area contributed by atoms with Crippen LogP contribution in [0.25, 0.3) is 33.8 Å². The Labute approximate surface area is 329 Å². The number of nitrogens with zero attached hydrogens (tertiary/aromatic N) is 8. The zero-order valence-corrected chi connectivity index (χ0v) is 33.9. The molecule has 2 aliphatic rings. The molecule has 5 aromatic heterocycles. The molecule has 2 saturated heterocycles. The zero-order valence-electron chi connectivity index (χ0n) is 33.9. The Kier molecular flexibility index (Phi) is 10.6. The van der Waals surface area contributed by atoms with Crippen LogP contribution in [0.1, 0.15) is 81.1 Å². The van der Waals surface area contributed by atoms with Gasteiger partial charge in [0.15, 0.2) is 0 Å². The van der Waals surface area contributed by atoms with Crippen LogP contribution in [0.5, 0.6) is 17.5 Å². The fourth-order valence-corrected chi connectivity index (χ4v) is 8.56. The highest BCUT2D eigenvalue weighted by molar-refractivity contribution is 5.69. The molecule has 8 rings (SSSR count). The molecule has 294 valence electrons. The molecule has 2 aliphatic heterocycles. The summed E-state index contributed by atoms with van der Waals surface area (Å²) in [5.74, 6) is 1.84. The molecule has 0 bridgehead atoms. The molecular formula is C43H54N10O3. The Hall–Kier alpha value is -5.40. The van der Waals surface area contributed by atoms with E-state index in [4.69, 9.17) is 14.2 Å². The van der Waals surface area contributed by atoms with Gasteiger partial charge in [-0.1, -0.05) is 0 Å². The summed E-state index contributed by atoms with van der Waals surface area (Å²) in [6, 6.07) is 19.4. The lowest BCUT2D eigenvalue weighted by Crippen LogP contribution is -2.60. The fraction of sp³-hybridized carbons (Fsp3) is 0.442. The highest BCUT2D eigenvalue weighted by atomic mass is 16.5. The van der Waals surface area contributed by atoms with Crippen molar-refractivity contribution in [3.63, 3.8) is 0 Å². The third-order valence-electron chi connectivity index (χ3n) is 10.1. The van der Waals surface area contributed by atoms with E-state index in [2.05, 4.69) is 96.5 Å². The van der Waals surface area contributed by atoms with Crippen LogP contribution in [0, 0.1) is 0 Å². The van der Waals surface area contributed by atoms with Gasteiger partial charge in [-0.2, -0.15) is 5.10 Å². The average molecular weight is 759 g/mol. The summed E-state index contributed by atoms with van der Waals surface area (Å²) in [4.78, 5) is 4.26. The standard InChI is InChI=1S/C23H29N5O2.C20H25N5O/c1-22(2)14-17(15-23(3,4)27-22)30-21-10-9-19(25-26-21)18-8-7-16(13-20(18)29-5)28-12-6-11-24-28;1-19(2)11-15(12-20(3,4)24-19)26-18-8-6-16(22-23-18)14-5-7-17-21-9-10-25(17)13-14/h6-13,17,27H,14-15H2,1-5H3;5-10,13,15,24H,11-12H2,1-4H3. The Balaban J connectivity index is 0.000000173. The van der Waals surface area contributed by atoms with Gasteiger partial charge >= 0.3 is 0 Å². The van der Waals surface area contributed by atoms with Crippen LogP contribution in [0.2, 0.25) is 0 Å². The first-order chi connectivity index (χ1) is 26.5. The monoisotopic (exact) mass is 758 g/mol. The molecular weight excluding hydrogens is 705 g/mol. The summed E-state index contributed by atoms with van der Waals surface area (Å²) < 4.78 is 21.7. The molecule has 0 aliphatic carbocycles. The molecule has 0 unspecified atom stereocenters. The van der Waals surface area contributed by atoms with Crippen LogP contribution < -0.4 is 24.8 Å². The van der Waals surface area contributed by atoms with Gasteiger partial charge in [-0.3, -0.25) is 0 Å². The van der Waals surface area contributed by atoms with Crippen molar-refractivity contribution in [3.8, 4) is 45.7 Å². The largest absolute Gasteiger partial charge is 0.496 e. The summed E-state index contributed by atoms with van der Waals surface area (Å²) in [5.41, 5.74) is 5.38. The van der Waals surface area contributed by atoms with Crippen molar-refractivity contribution in [2.75, 3.05) is 7.11 Å². The highest BCUT2D eigenvalue weighted by Gasteiger charge is 2.40. The van der Waals surface area contributed by atoms with Gasteiger partial charge in [0.25, 0.3) is 0 Å². The van der Waals surface area contributed by atoms with Crippen molar-refractivity contribution in [2.24, 2.45) is 0 Å². The molecule has 13 nitrogen and oxygen atoms in total. The number of imidazole rings is 1. The summed E-state index contributed by atoms with van der Waals surface area (Å²) in [6.45, 7) is 17.7. The summed E-state index contributed by atoms with van der Waals surface area (Å²) in [7, 11) is 1.65. The fourth-order valence-electron chi connectivity index (χ4n) is 8.56. The van der Waals surface area contributed by atoms with Gasteiger partial charge in [0.05, 0.1) is 24.2 Å². The molecule has 0 saturated carbocycles. The topological polar surface area (TPSA) is 138 Å². The van der Waals surface area contributed by atoms with Crippen molar-refractivity contribution < 1.29 is 14.2 Å². The van der Waals surface area contributed by atoms with E-state index in [-0.39, 0.29) is 34.4 Å². The smallest absolute Gasteiger partial charge is 0.233 e. The van der Waals surface area contributed by atoms with E-state index < -0.39 is 0 Å². The van der Waals surface area contributed by atoms with Crippen LogP contribution in [-0.2, 0) is 0 Å². The normalized spacial score (nSPS) is 18.8. The first kappa shape index (κ1) is 38.9. The van der Waals surface area contributed by atoms with Crippen LogP contribution in [0.4, 0.5) is 0 Å². The number of ether oxygens (including phenoxy) is 3. The summed E-state index contributed by atoms with van der Waals surface area (Å²) >= 11 is 0. The number of rotatable bonds is 8. The molecule has 0 atom stereocenters. The maximum absolute atomic E-state index is 6.19. The number of aromatic nitrogens is 8.